The maximum absolute atomic E-state index is 13.0. The molecule has 1 aliphatic rings. The predicted octanol–water partition coefficient (Wildman–Crippen LogP) is 5.75. The van der Waals surface area contributed by atoms with E-state index in [1.165, 1.54) is 11.3 Å². The van der Waals surface area contributed by atoms with Crippen LogP contribution >= 0.6 is 34.7 Å². The second-order valence-corrected chi connectivity index (χ2v) is 9.31. The summed E-state index contributed by atoms with van der Waals surface area (Å²) in [6.45, 7) is 3.49. The van der Waals surface area contributed by atoms with Crippen LogP contribution in [0.3, 0.4) is 0 Å². The topological polar surface area (TPSA) is 42.4 Å². The number of amides is 1. The largest absolute Gasteiger partial charge is 0.467 e. The molecular formula is C21H21ClN2O2S2. The van der Waals surface area contributed by atoms with Gasteiger partial charge in [0.25, 0.3) is 11.1 Å². The van der Waals surface area contributed by atoms with Crippen molar-refractivity contribution in [3.8, 4) is 5.19 Å². The molecule has 0 aliphatic carbocycles. The van der Waals surface area contributed by atoms with Crippen molar-refractivity contribution in [1.82, 2.24) is 9.88 Å². The van der Waals surface area contributed by atoms with Gasteiger partial charge >= 0.3 is 0 Å². The number of ether oxygens (including phenoxy) is 1. The fourth-order valence-electron chi connectivity index (χ4n) is 3.36. The number of para-hydroxylation sites is 1. The molecule has 1 fully saturated rings. The molecule has 0 N–H and O–H groups in total. The Morgan fingerprint density at radius 2 is 2.04 bits per heavy atom. The van der Waals surface area contributed by atoms with Crippen molar-refractivity contribution in [1.29, 1.82) is 0 Å². The molecule has 1 aliphatic heterocycles. The molecule has 1 aromatic heterocycles. The molecule has 2 heterocycles. The second-order valence-electron chi connectivity index (χ2n) is 6.60. The number of carbonyl (C=O) groups excluding carboxylic acids is 1. The van der Waals surface area contributed by atoms with E-state index in [2.05, 4.69) is 11.9 Å². The van der Waals surface area contributed by atoms with Gasteiger partial charge in [-0.05, 0) is 30.0 Å². The summed E-state index contributed by atoms with van der Waals surface area (Å²) in [7, 11) is 0. The second kappa shape index (κ2) is 8.72. The molecule has 146 valence electrons. The molecule has 28 heavy (non-hydrogen) atoms. The number of likely N-dealkylation sites (tertiary alicyclic amines) is 1. The Labute approximate surface area is 177 Å². The Morgan fingerprint density at radius 3 is 2.79 bits per heavy atom. The average Bonchev–Trinajstić information content (AvgIpc) is 3.13. The van der Waals surface area contributed by atoms with Gasteiger partial charge in [0.1, 0.15) is 11.6 Å². The summed E-state index contributed by atoms with van der Waals surface area (Å²) in [5.41, 5.74) is 1.59. The number of aromatic nitrogens is 1. The number of halogens is 1. The van der Waals surface area contributed by atoms with Gasteiger partial charge in [0.05, 0.1) is 15.3 Å². The van der Waals surface area contributed by atoms with Crippen LogP contribution in [-0.4, -0.2) is 40.7 Å². The van der Waals surface area contributed by atoms with Crippen molar-refractivity contribution >= 4 is 50.8 Å². The average molecular weight is 433 g/mol. The predicted molar refractivity (Wildman–Crippen MR) is 117 cm³/mol. The van der Waals surface area contributed by atoms with Gasteiger partial charge in [0, 0.05) is 30.8 Å². The highest BCUT2D eigenvalue weighted by Crippen LogP contribution is 2.33. The highest BCUT2D eigenvalue weighted by atomic mass is 35.5. The van der Waals surface area contributed by atoms with Gasteiger partial charge in [-0.3, -0.25) is 4.79 Å². The van der Waals surface area contributed by atoms with Gasteiger partial charge in [-0.15, -0.1) is 11.8 Å². The first-order valence-corrected chi connectivity index (χ1v) is 11.6. The van der Waals surface area contributed by atoms with Crippen LogP contribution < -0.4 is 4.74 Å². The first-order valence-electron chi connectivity index (χ1n) is 9.38. The van der Waals surface area contributed by atoms with E-state index >= 15 is 0 Å². The molecular weight excluding hydrogens is 412 g/mol. The lowest BCUT2D eigenvalue weighted by atomic mass is 10.1. The van der Waals surface area contributed by atoms with Crippen LogP contribution in [0.4, 0.5) is 0 Å². The molecule has 1 saturated heterocycles. The lowest BCUT2D eigenvalue weighted by molar-refractivity contribution is 0.0592. The monoisotopic (exact) mass is 432 g/mol. The maximum Gasteiger partial charge on any atom is 0.274 e. The number of rotatable bonds is 5. The summed E-state index contributed by atoms with van der Waals surface area (Å²) in [5.74, 6) is 1.06. The number of piperidine rings is 1. The van der Waals surface area contributed by atoms with Crippen molar-refractivity contribution < 1.29 is 9.53 Å². The molecule has 4 nitrogen and oxygen atoms in total. The van der Waals surface area contributed by atoms with Crippen molar-refractivity contribution in [2.45, 2.75) is 30.8 Å². The Kier molecular flexibility index (Phi) is 6.09. The van der Waals surface area contributed by atoms with Gasteiger partial charge in [-0.2, -0.15) is 0 Å². The van der Waals surface area contributed by atoms with Crippen LogP contribution in [0, 0.1) is 0 Å². The van der Waals surface area contributed by atoms with E-state index in [1.807, 2.05) is 47.4 Å². The summed E-state index contributed by atoms with van der Waals surface area (Å²) >= 11 is 9.43. The molecule has 0 unspecified atom stereocenters. The van der Waals surface area contributed by atoms with Gasteiger partial charge < -0.3 is 9.64 Å². The van der Waals surface area contributed by atoms with Gasteiger partial charge in [0.2, 0.25) is 0 Å². The minimum absolute atomic E-state index is 0.0728. The zero-order valence-electron chi connectivity index (χ0n) is 15.6. The molecule has 0 atom stereocenters. The van der Waals surface area contributed by atoms with E-state index in [1.54, 1.807) is 11.8 Å². The standard InChI is InChI=1S/C21H21ClN2O2S2/c1-2-27-17-8-4-3-6-15(17)20(25)24-12-10-14(11-13-24)26-21-23-19-16(22)7-5-9-18(19)28-21/h3-9,14H,2,10-13H2,1H3. The van der Waals surface area contributed by atoms with Crippen molar-refractivity contribution in [3.05, 3.63) is 53.1 Å². The fourth-order valence-corrected chi connectivity index (χ4v) is 5.34. The van der Waals surface area contributed by atoms with Crippen LogP contribution in [0.5, 0.6) is 5.19 Å². The Morgan fingerprint density at radius 1 is 1.25 bits per heavy atom. The van der Waals surface area contributed by atoms with E-state index < -0.39 is 0 Å². The lowest BCUT2D eigenvalue weighted by Crippen LogP contribution is -2.41. The van der Waals surface area contributed by atoms with Crippen LogP contribution in [-0.2, 0) is 0 Å². The highest BCUT2D eigenvalue weighted by Gasteiger charge is 2.26. The molecule has 0 spiro atoms. The third-order valence-electron chi connectivity index (χ3n) is 4.76. The number of thiazole rings is 1. The van der Waals surface area contributed by atoms with Crippen molar-refractivity contribution in [2.24, 2.45) is 0 Å². The third-order valence-corrected chi connectivity index (χ3v) is 6.94. The minimum atomic E-state index is 0.0728. The van der Waals surface area contributed by atoms with E-state index in [9.17, 15) is 4.79 Å². The molecule has 0 radical (unpaired) electrons. The SMILES string of the molecule is CCSc1ccccc1C(=O)N1CCC(Oc2nc3c(Cl)cccc3s2)CC1. The molecule has 2 aromatic carbocycles. The zero-order chi connectivity index (χ0) is 19.5. The summed E-state index contributed by atoms with van der Waals surface area (Å²) in [4.78, 5) is 20.5. The summed E-state index contributed by atoms with van der Waals surface area (Å²) in [5, 5.41) is 1.30. The first kappa shape index (κ1) is 19.6. The zero-order valence-corrected chi connectivity index (χ0v) is 17.9. The number of carbonyl (C=O) groups is 1. The maximum atomic E-state index is 13.0. The third kappa shape index (κ3) is 4.14. The highest BCUT2D eigenvalue weighted by molar-refractivity contribution is 7.99. The van der Waals surface area contributed by atoms with Gasteiger partial charge in [-0.25, -0.2) is 4.98 Å². The molecule has 0 saturated carbocycles. The van der Waals surface area contributed by atoms with E-state index in [0.717, 1.165) is 39.3 Å². The Bertz CT molecular complexity index is 983. The first-order chi connectivity index (χ1) is 13.7. The molecule has 3 aromatic rings. The van der Waals surface area contributed by atoms with Crippen LogP contribution in [0.2, 0.25) is 5.02 Å². The number of fused-ring (bicyclic) bond motifs is 1. The van der Waals surface area contributed by atoms with E-state index in [4.69, 9.17) is 16.3 Å². The number of benzene rings is 2. The van der Waals surface area contributed by atoms with Crippen molar-refractivity contribution in [2.75, 3.05) is 18.8 Å². The van der Waals surface area contributed by atoms with E-state index in [0.29, 0.717) is 23.3 Å². The Hall–Kier alpha value is -1.76. The summed E-state index contributed by atoms with van der Waals surface area (Å²) in [6, 6.07) is 13.6. The molecule has 0 bridgehead atoms. The fraction of sp³-hybridized carbons (Fsp3) is 0.333. The number of hydrogen-bond donors (Lipinski definition) is 0. The molecule has 1 amide bonds. The molecule has 4 rings (SSSR count). The van der Waals surface area contributed by atoms with Crippen LogP contribution in [0.15, 0.2) is 47.4 Å². The molecule has 7 heteroatoms. The lowest BCUT2D eigenvalue weighted by Gasteiger charge is -2.32. The van der Waals surface area contributed by atoms with E-state index in [-0.39, 0.29) is 12.0 Å². The normalized spacial score (nSPS) is 15.1. The number of hydrogen-bond acceptors (Lipinski definition) is 5. The van der Waals surface area contributed by atoms with Gasteiger partial charge in [0.15, 0.2) is 0 Å². The minimum Gasteiger partial charge on any atom is -0.467 e. The number of thioether (sulfide) groups is 1. The quantitative estimate of drug-likeness (QED) is 0.482. The van der Waals surface area contributed by atoms with Crippen molar-refractivity contribution in [3.63, 3.8) is 0 Å². The smallest absolute Gasteiger partial charge is 0.274 e. The van der Waals surface area contributed by atoms with Gasteiger partial charge in [-0.1, -0.05) is 48.1 Å². The van der Waals surface area contributed by atoms with Crippen LogP contribution in [0.1, 0.15) is 30.1 Å². The summed E-state index contributed by atoms with van der Waals surface area (Å²) < 4.78 is 7.13. The summed E-state index contributed by atoms with van der Waals surface area (Å²) in [6.07, 6.45) is 1.68. The van der Waals surface area contributed by atoms with Crippen LogP contribution in [0.25, 0.3) is 10.2 Å². The number of nitrogens with zero attached hydrogens (tertiary/aromatic N) is 2. The Balaban J connectivity index is 1.39.